The lowest BCUT2D eigenvalue weighted by molar-refractivity contribution is 0.670. The number of rotatable bonds is 3. The Morgan fingerprint density at radius 1 is 0.578 bits per heavy atom. The molecule has 0 spiro atoms. The van der Waals surface area contributed by atoms with Crippen LogP contribution in [-0.2, 0) is 0 Å². The first-order valence-corrected chi connectivity index (χ1v) is 15.1. The number of hydrogen-bond donors (Lipinski definition) is 1. The van der Waals surface area contributed by atoms with Crippen LogP contribution in [0.4, 0.5) is 5.69 Å². The molecular formula is C42H30N2O. The fourth-order valence-corrected chi connectivity index (χ4v) is 6.13. The maximum absolute atomic E-state index is 6.31. The highest BCUT2D eigenvalue weighted by Gasteiger charge is 2.13. The molecule has 45 heavy (non-hydrogen) atoms. The summed E-state index contributed by atoms with van der Waals surface area (Å²) >= 11 is 0. The molecule has 0 saturated carbocycles. The van der Waals surface area contributed by atoms with Crippen LogP contribution in [0.5, 0.6) is 0 Å². The largest absolute Gasteiger partial charge is 0.455 e. The van der Waals surface area contributed by atoms with E-state index in [1.165, 1.54) is 10.8 Å². The molecule has 0 aliphatic carbocycles. The van der Waals surface area contributed by atoms with Gasteiger partial charge in [0.15, 0.2) is 0 Å². The summed E-state index contributed by atoms with van der Waals surface area (Å²) in [5, 5.41) is 4.67. The van der Waals surface area contributed by atoms with Crippen molar-refractivity contribution < 1.29 is 4.42 Å². The van der Waals surface area contributed by atoms with E-state index in [9.17, 15) is 0 Å². The maximum Gasteiger partial charge on any atom is 0.143 e. The minimum Gasteiger partial charge on any atom is -0.455 e. The zero-order valence-corrected chi connectivity index (χ0v) is 24.7. The molecule has 8 rings (SSSR count). The number of aromatic nitrogens is 1. The Hall–Kier alpha value is -6.06. The van der Waals surface area contributed by atoms with E-state index in [0.29, 0.717) is 0 Å². The fourth-order valence-electron chi connectivity index (χ4n) is 6.13. The lowest BCUT2D eigenvalue weighted by Gasteiger charge is -2.17. The third-order valence-corrected chi connectivity index (χ3v) is 8.53. The van der Waals surface area contributed by atoms with Crippen molar-refractivity contribution in [1.82, 2.24) is 4.98 Å². The van der Waals surface area contributed by atoms with Gasteiger partial charge in [0, 0.05) is 56.2 Å². The number of benzene rings is 5. The summed E-state index contributed by atoms with van der Waals surface area (Å²) in [5.41, 5.74) is 11.2. The molecule has 0 bridgehead atoms. The van der Waals surface area contributed by atoms with Gasteiger partial charge in [-0.2, -0.15) is 0 Å². The van der Waals surface area contributed by atoms with E-state index in [1.54, 1.807) is 0 Å². The highest BCUT2D eigenvalue weighted by atomic mass is 16.3. The quantitative estimate of drug-likeness (QED) is 0.226. The maximum atomic E-state index is 6.31. The highest BCUT2D eigenvalue weighted by molar-refractivity contribution is 6.10. The minimum absolute atomic E-state index is 0.871. The Labute approximate surface area is 261 Å². The van der Waals surface area contributed by atoms with Gasteiger partial charge in [-0.25, -0.2) is 0 Å². The summed E-state index contributed by atoms with van der Waals surface area (Å²) in [6, 6.07) is 38.2. The first kappa shape index (κ1) is 26.6. The second kappa shape index (κ2) is 10.9. The highest BCUT2D eigenvalue weighted by Crippen LogP contribution is 2.36. The molecule has 1 aliphatic heterocycles. The Balaban J connectivity index is 1.17. The standard InChI is InChI=1S/C42H30N2O/c1-28-10-7-8-24-44(25-23-32(26-29(28)2)31-19-22-40-38(27-31)35-11-3-5-15-39(35)43-40)33-20-17-30(18-21-33)34-13-9-14-37-36-12-4-6-16-41(36)45-42(34)37/h3-27,43H,1-2H2/b10-7-,24-8-,25-23-,32-26+. The molecule has 7 aromatic rings. The van der Waals surface area contributed by atoms with Crippen molar-refractivity contribution in [3.05, 3.63) is 182 Å². The molecule has 0 atom stereocenters. The summed E-state index contributed by atoms with van der Waals surface area (Å²) in [7, 11) is 0. The van der Waals surface area contributed by atoms with Gasteiger partial charge in [-0.05, 0) is 82.5 Å². The number of hydrogen-bond acceptors (Lipinski definition) is 2. The third-order valence-electron chi connectivity index (χ3n) is 8.53. The normalized spacial score (nSPS) is 17.4. The molecule has 214 valence electrons. The van der Waals surface area contributed by atoms with Crippen molar-refractivity contribution in [2.45, 2.75) is 0 Å². The number of furan rings is 1. The molecule has 1 aliphatic rings. The van der Waals surface area contributed by atoms with E-state index in [1.807, 2.05) is 30.4 Å². The molecule has 0 saturated heterocycles. The number of allylic oxidation sites excluding steroid dienone is 8. The predicted octanol–water partition coefficient (Wildman–Crippen LogP) is 11.5. The van der Waals surface area contributed by atoms with Crippen LogP contribution in [-0.4, -0.2) is 4.98 Å². The lowest BCUT2D eigenvalue weighted by atomic mass is 9.98. The molecule has 3 heterocycles. The van der Waals surface area contributed by atoms with Gasteiger partial charge in [-0.15, -0.1) is 0 Å². The first-order chi connectivity index (χ1) is 22.1. The first-order valence-electron chi connectivity index (χ1n) is 15.1. The van der Waals surface area contributed by atoms with Gasteiger partial charge >= 0.3 is 0 Å². The van der Waals surface area contributed by atoms with Gasteiger partial charge in [0.1, 0.15) is 11.2 Å². The van der Waals surface area contributed by atoms with E-state index >= 15 is 0 Å². The van der Waals surface area contributed by atoms with Crippen LogP contribution >= 0.6 is 0 Å². The SMILES string of the molecule is C=C1/C=C\C=C/N(c2ccc(-c3cccc4c3oc3ccccc34)cc2)/C=C\C(c2ccc3[nH]c4ccccc4c3c2)=C/C1=C. The Morgan fingerprint density at radius 2 is 1.33 bits per heavy atom. The molecule has 0 fully saturated rings. The van der Waals surface area contributed by atoms with E-state index in [0.717, 1.165) is 72.1 Å². The van der Waals surface area contributed by atoms with Crippen LogP contribution < -0.4 is 4.90 Å². The monoisotopic (exact) mass is 578 g/mol. The second-order valence-electron chi connectivity index (χ2n) is 11.3. The van der Waals surface area contributed by atoms with Gasteiger partial charge < -0.3 is 14.3 Å². The number of anilines is 1. The van der Waals surface area contributed by atoms with Crippen molar-refractivity contribution in [1.29, 1.82) is 0 Å². The van der Waals surface area contributed by atoms with Gasteiger partial charge in [-0.1, -0.05) is 98.1 Å². The van der Waals surface area contributed by atoms with Crippen LogP contribution in [0, 0.1) is 0 Å². The van der Waals surface area contributed by atoms with Crippen molar-refractivity contribution in [2.24, 2.45) is 0 Å². The summed E-state index contributed by atoms with van der Waals surface area (Å²) in [6.07, 6.45) is 14.4. The Kier molecular flexibility index (Phi) is 6.43. The number of para-hydroxylation sites is 3. The van der Waals surface area contributed by atoms with Gasteiger partial charge in [0.05, 0.1) is 0 Å². The Bertz CT molecular complexity index is 2410. The molecule has 0 radical (unpaired) electrons. The molecule has 1 N–H and O–H groups in total. The van der Waals surface area contributed by atoms with Crippen LogP contribution in [0.2, 0.25) is 0 Å². The molecule has 5 aromatic carbocycles. The second-order valence-corrected chi connectivity index (χ2v) is 11.3. The van der Waals surface area contributed by atoms with Crippen LogP contribution in [0.15, 0.2) is 181 Å². The molecule has 3 heteroatoms. The predicted molar refractivity (Wildman–Crippen MR) is 191 cm³/mol. The number of nitrogens with zero attached hydrogens (tertiary/aromatic N) is 1. The number of nitrogens with one attached hydrogen (secondary N) is 1. The third kappa shape index (κ3) is 4.81. The molecule has 3 nitrogen and oxygen atoms in total. The number of fused-ring (bicyclic) bond motifs is 6. The smallest absolute Gasteiger partial charge is 0.143 e. The summed E-state index contributed by atoms with van der Waals surface area (Å²) in [4.78, 5) is 5.66. The molecule has 2 aromatic heterocycles. The van der Waals surface area contributed by atoms with Crippen molar-refractivity contribution in [3.8, 4) is 11.1 Å². The summed E-state index contributed by atoms with van der Waals surface area (Å²) in [5.74, 6) is 0. The van der Waals surface area contributed by atoms with Crippen molar-refractivity contribution >= 4 is 55.0 Å². The van der Waals surface area contributed by atoms with Crippen molar-refractivity contribution in [3.63, 3.8) is 0 Å². The van der Waals surface area contributed by atoms with Gasteiger partial charge in [0.2, 0.25) is 0 Å². The average molecular weight is 579 g/mol. The van der Waals surface area contributed by atoms with Gasteiger partial charge in [-0.3, -0.25) is 0 Å². The van der Waals surface area contributed by atoms with E-state index in [-0.39, 0.29) is 0 Å². The molecule has 0 unspecified atom stereocenters. The molecular weight excluding hydrogens is 548 g/mol. The average Bonchev–Trinajstić information content (AvgIpc) is 3.64. The zero-order valence-electron chi connectivity index (χ0n) is 24.7. The minimum atomic E-state index is 0.871. The van der Waals surface area contributed by atoms with Crippen LogP contribution in [0.3, 0.4) is 0 Å². The van der Waals surface area contributed by atoms with Crippen LogP contribution in [0.25, 0.3) is 60.4 Å². The van der Waals surface area contributed by atoms with E-state index in [2.05, 4.69) is 145 Å². The van der Waals surface area contributed by atoms with Gasteiger partial charge in [0.25, 0.3) is 0 Å². The summed E-state index contributed by atoms with van der Waals surface area (Å²) in [6.45, 7) is 8.56. The van der Waals surface area contributed by atoms with Crippen molar-refractivity contribution in [2.75, 3.05) is 4.90 Å². The Morgan fingerprint density at radius 3 is 2.22 bits per heavy atom. The van der Waals surface area contributed by atoms with E-state index in [4.69, 9.17) is 4.42 Å². The summed E-state index contributed by atoms with van der Waals surface area (Å²) < 4.78 is 6.31. The fraction of sp³-hybridized carbons (Fsp3) is 0. The zero-order chi connectivity index (χ0) is 30.3. The molecule has 0 amide bonds. The lowest BCUT2D eigenvalue weighted by Crippen LogP contribution is -2.06. The van der Waals surface area contributed by atoms with E-state index < -0.39 is 0 Å². The number of aromatic amines is 1. The number of H-pyrrole nitrogens is 1. The topological polar surface area (TPSA) is 32.2 Å². The van der Waals surface area contributed by atoms with Crippen LogP contribution in [0.1, 0.15) is 5.56 Å².